The number of nitro benzene ring substituents is 1. The lowest BCUT2D eigenvalue weighted by atomic mass is 10.1. The predicted octanol–water partition coefficient (Wildman–Crippen LogP) is 2.75. The zero-order valence-electron chi connectivity index (χ0n) is 16.2. The van der Waals surface area contributed by atoms with E-state index in [4.69, 9.17) is 14.2 Å². The number of ether oxygens (including phenoxy) is 3. The van der Waals surface area contributed by atoms with Crippen LogP contribution in [0.2, 0.25) is 0 Å². The Morgan fingerprint density at radius 1 is 1.17 bits per heavy atom. The average Bonchev–Trinajstić information content (AvgIpc) is 3.06. The first-order valence-electron chi connectivity index (χ1n) is 8.84. The van der Waals surface area contributed by atoms with Gasteiger partial charge in [-0.05, 0) is 25.0 Å². The smallest absolute Gasteiger partial charge is 0.345 e. The molecule has 152 valence electrons. The molecule has 0 saturated heterocycles. The molecule has 3 rings (SSSR count). The molecule has 0 radical (unpaired) electrons. The van der Waals surface area contributed by atoms with Crippen molar-refractivity contribution in [3.8, 4) is 11.5 Å². The summed E-state index contributed by atoms with van der Waals surface area (Å²) < 4.78 is 15.2. The lowest BCUT2D eigenvalue weighted by molar-refractivity contribution is -0.385. The molecule has 1 atom stereocenters. The summed E-state index contributed by atoms with van der Waals surface area (Å²) in [4.78, 5) is 37.4. The SMILES string of the molecule is COc1cc(C(=O)OCC(=O)N2c3ccccc3CC2C)c([N+](=O)[O-])cc1OC. The zero-order valence-corrected chi connectivity index (χ0v) is 16.2. The maximum absolute atomic E-state index is 12.7. The van der Waals surface area contributed by atoms with Crippen molar-refractivity contribution >= 4 is 23.3 Å². The summed E-state index contributed by atoms with van der Waals surface area (Å²) in [5.74, 6) is -1.15. The van der Waals surface area contributed by atoms with E-state index in [0.717, 1.165) is 23.4 Å². The Bertz CT molecular complexity index is 973. The Hall–Kier alpha value is -3.62. The van der Waals surface area contributed by atoms with Crippen LogP contribution in [0.3, 0.4) is 0 Å². The van der Waals surface area contributed by atoms with Crippen molar-refractivity contribution in [1.82, 2.24) is 0 Å². The maximum Gasteiger partial charge on any atom is 0.345 e. The van der Waals surface area contributed by atoms with E-state index >= 15 is 0 Å². The fraction of sp³-hybridized carbons (Fsp3) is 0.300. The van der Waals surface area contributed by atoms with Gasteiger partial charge in [-0.1, -0.05) is 18.2 Å². The molecule has 1 heterocycles. The van der Waals surface area contributed by atoms with Crippen LogP contribution in [0.5, 0.6) is 11.5 Å². The average molecular weight is 400 g/mol. The number of anilines is 1. The molecule has 0 fully saturated rings. The number of para-hydroxylation sites is 1. The lowest BCUT2D eigenvalue weighted by Crippen LogP contribution is -2.38. The van der Waals surface area contributed by atoms with Crippen LogP contribution >= 0.6 is 0 Å². The number of rotatable bonds is 6. The third-order valence-electron chi connectivity index (χ3n) is 4.72. The Morgan fingerprint density at radius 3 is 2.48 bits per heavy atom. The standard InChI is InChI=1S/C20H20N2O7/c1-12-8-13-6-4-5-7-15(13)21(12)19(23)11-29-20(24)14-9-17(27-2)18(28-3)10-16(14)22(25)26/h4-7,9-10,12H,8,11H2,1-3H3. The molecule has 9 nitrogen and oxygen atoms in total. The third-order valence-corrected chi connectivity index (χ3v) is 4.72. The highest BCUT2D eigenvalue weighted by atomic mass is 16.6. The van der Waals surface area contributed by atoms with Crippen LogP contribution in [0.15, 0.2) is 36.4 Å². The van der Waals surface area contributed by atoms with Crippen molar-refractivity contribution in [2.75, 3.05) is 25.7 Å². The Kier molecular flexibility index (Phi) is 5.67. The van der Waals surface area contributed by atoms with Crippen molar-refractivity contribution in [2.45, 2.75) is 19.4 Å². The van der Waals surface area contributed by atoms with Crippen molar-refractivity contribution in [1.29, 1.82) is 0 Å². The molecule has 1 unspecified atom stereocenters. The fourth-order valence-corrected chi connectivity index (χ4v) is 3.40. The summed E-state index contributed by atoms with van der Waals surface area (Å²) >= 11 is 0. The lowest BCUT2D eigenvalue weighted by Gasteiger charge is -2.22. The number of nitro groups is 1. The van der Waals surface area contributed by atoms with E-state index in [-0.39, 0.29) is 23.1 Å². The highest BCUT2D eigenvalue weighted by Crippen LogP contribution is 2.35. The summed E-state index contributed by atoms with van der Waals surface area (Å²) in [6.45, 7) is 1.36. The van der Waals surface area contributed by atoms with Crippen LogP contribution < -0.4 is 14.4 Å². The second-order valence-electron chi connectivity index (χ2n) is 6.50. The highest BCUT2D eigenvalue weighted by molar-refractivity contribution is 6.00. The summed E-state index contributed by atoms with van der Waals surface area (Å²) in [6, 6.07) is 9.67. The van der Waals surface area contributed by atoms with Crippen LogP contribution in [0.4, 0.5) is 11.4 Å². The molecule has 1 aliphatic heterocycles. The Morgan fingerprint density at radius 2 is 1.83 bits per heavy atom. The molecule has 0 aliphatic carbocycles. The van der Waals surface area contributed by atoms with Crippen LogP contribution in [-0.4, -0.2) is 43.7 Å². The molecule has 1 amide bonds. The number of carbonyl (C=O) groups excluding carboxylic acids is 2. The van der Waals surface area contributed by atoms with E-state index in [2.05, 4.69) is 0 Å². The Balaban J connectivity index is 1.79. The topological polar surface area (TPSA) is 108 Å². The molecule has 0 saturated carbocycles. The molecule has 29 heavy (non-hydrogen) atoms. The molecular weight excluding hydrogens is 380 g/mol. The van der Waals surface area contributed by atoms with Gasteiger partial charge in [-0.15, -0.1) is 0 Å². The van der Waals surface area contributed by atoms with Crippen LogP contribution in [-0.2, 0) is 16.0 Å². The monoisotopic (exact) mass is 400 g/mol. The maximum atomic E-state index is 12.7. The summed E-state index contributed by atoms with van der Waals surface area (Å²) in [6.07, 6.45) is 0.705. The van der Waals surface area contributed by atoms with Crippen molar-refractivity contribution in [3.63, 3.8) is 0 Å². The van der Waals surface area contributed by atoms with E-state index in [9.17, 15) is 19.7 Å². The van der Waals surface area contributed by atoms with E-state index in [1.54, 1.807) is 4.90 Å². The molecule has 2 aromatic rings. The van der Waals surface area contributed by atoms with Crippen molar-refractivity contribution < 1.29 is 28.7 Å². The third kappa shape index (κ3) is 3.84. The van der Waals surface area contributed by atoms with Gasteiger partial charge in [0.15, 0.2) is 18.1 Å². The number of amides is 1. The number of carbonyl (C=O) groups is 2. The number of nitrogens with zero attached hydrogens (tertiary/aromatic N) is 2. The van der Waals surface area contributed by atoms with Gasteiger partial charge in [0.1, 0.15) is 5.56 Å². The minimum Gasteiger partial charge on any atom is -0.493 e. The van der Waals surface area contributed by atoms with Gasteiger partial charge >= 0.3 is 5.97 Å². The molecular formula is C20H20N2O7. The van der Waals surface area contributed by atoms with Gasteiger partial charge in [-0.2, -0.15) is 0 Å². The van der Waals surface area contributed by atoms with Gasteiger partial charge in [0.25, 0.3) is 11.6 Å². The number of hydrogen-bond acceptors (Lipinski definition) is 7. The molecule has 0 N–H and O–H groups in total. The van der Waals surface area contributed by atoms with Gasteiger partial charge in [0.2, 0.25) is 0 Å². The second kappa shape index (κ2) is 8.17. The van der Waals surface area contributed by atoms with Gasteiger partial charge in [0.05, 0.1) is 25.2 Å². The molecule has 9 heteroatoms. The van der Waals surface area contributed by atoms with E-state index in [1.165, 1.54) is 14.2 Å². The van der Waals surface area contributed by atoms with E-state index in [1.807, 2.05) is 31.2 Å². The minimum atomic E-state index is -0.994. The van der Waals surface area contributed by atoms with Crippen LogP contribution in [0.1, 0.15) is 22.8 Å². The normalized spacial score (nSPS) is 14.9. The second-order valence-corrected chi connectivity index (χ2v) is 6.50. The predicted molar refractivity (Wildman–Crippen MR) is 104 cm³/mol. The van der Waals surface area contributed by atoms with Gasteiger partial charge in [-0.3, -0.25) is 14.9 Å². The summed E-state index contributed by atoms with van der Waals surface area (Å²) in [5, 5.41) is 11.3. The van der Waals surface area contributed by atoms with Gasteiger partial charge in [-0.25, -0.2) is 4.79 Å². The first kappa shape index (κ1) is 20.1. The first-order valence-corrected chi connectivity index (χ1v) is 8.84. The number of hydrogen-bond donors (Lipinski definition) is 0. The van der Waals surface area contributed by atoms with Crippen molar-refractivity contribution in [3.05, 3.63) is 57.6 Å². The van der Waals surface area contributed by atoms with Crippen LogP contribution in [0.25, 0.3) is 0 Å². The van der Waals surface area contributed by atoms with Gasteiger partial charge in [0, 0.05) is 17.8 Å². The fourth-order valence-electron chi connectivity index (χ4n) is 3.40. The molecule has 0 bridgehead atoms. The molecule has 2 aromatic carbocycles. The highest BCUT2D eigenvalue weighted by Gasteiger charge is 2.32. The van der Waals surface area contributed by atoms with E-state index < -0.39 is 29.1 Å². The van der Waals surface area contributed by atoms with E-state index in [0.29, 0.717) is 6.42 Å². The number of methoxy groups -OCH3 is 2. The summed E-state index contributed by atoms with van der Waals surface area (Å²) in [5.41, 5.74) is 0.989. The number of benzene rings is 2. The largest absolute Gasteiger partial charge is 0.493 e. The zero-order chi connectivity index (χ0) is 21.1. The number of esters is 1. The molecule has 1 aliphatic rings. The van der Waals surface area contributed by atoms with Crippen LogP contribution in [0, 0.1) is 10.1 Å². The number of fused-ring (bicyclic) bond motifs is 1. The quantitative estimate of drug-likeness (QED) is 0.417. The molecule has 0 spiro atoms. The minimum absolute atomic E-state index is 0.0750. The molecule has 0 aromatic heterocycles. The Labute approximate surface area is 166 Å². The summed E-state index contributed by atoms with van der Waals surface area (Å²) in [7, 11) is 2.67. The van der Waals surface area contributed by atoms with Crippen molar-refractivity contribution in [2.24, 2.45) is 0 Å². The van der Waals surface area contributed by atoms with Gasteiger partial charge < -0.3 is 19.1 Å². The first-order chi connectivity index (χ1) is 13.9.